The number of hydrogen-bond acceptors (Lipinski definition) is 8. The van der Waals surface area contributed by atoms with Crippen LogP contribution in [0.1, 0.15) is 29.7 Å². The first-order valence-corrected chi connectivity index (χ1v) is 17.6. The molecule has 244 valence electrons. The van der Waals surface area contributed by atoms with Crippen LogP contribution in [0.4, 0.5) is 28.9 Å². The van der Waals surface area contributed by atoms with E-state index in [2.05, 4.69) is 26.8 Å². The van der Waals surface area contributed by atoms with Crippen LogP contribution in [0.15, 0.2) is 45.7 Å². The number of halogens is 4. The van der Waals surface area contributed by atoms with E-state index in [9.17, 15) is 21.8 Å². The van der Waals surface area contributed by atoms with Gasteiger partial charge in [0.15, 0.2) is 0 Å². The van der Waals surface area contributed by atoms with Gasteiger partial charge in [-0.15, -0.1) is 11.3 Å². The molecule has 1 aromatic heterocycles. The standard InChI is InChI=1S/C32H38F4N4O3S2/c1-40-15-11-26(25(33)20-40)38-28-7-4-6-23-24(19-32(34,35)36)30(44-31(23)28)8-5-14-37-27-10-9-22(18-29(27)42-2)45(3,41)39-21-12-16-43-17-13-21/h4,6-7,9-10,18,21,25-26,37-38H,11-17,19-20H2,1-3H3/t25-,26-,45?/m1/s1. The molecule has 3 atom stereocenters. The Morgan fingerprint density at radius 2 is 1.96 bits per heavy atom. The fraction of sp³-hybridized carbons (Fsp3) is 0.500. The number of hydrogen-bond donors (Lipinski definition) is 2. The molecule has 2 N–H and O–H groups in total. The maximum atomic E-state index is 14.8. The normalized spacial score (nSPS) is 21.0. The third-order valence-electron chi connectivity index (χ3n) is 8.00. The molecule has 2 saturated heterocycles. The molecule has 13 heteroatoms. The summed E-state index contributed by atoms with van der Waals surface area (Å²) in [5.74, 6) is 6.36. The summed E-state index contributed by atoms with van der Waals surface area (Å²) in [6, 6.07) is 9.86. The van der Waals surface area contributed by atoms with Gasteiger partial charge in [0.2, 0.25) is 0 Å². The lowest BCUT2D eigenvalue weighted by molar-refractivity contribution is -0.126. The van der Waals surface area contributed by atoms with Gasteiger partial charge < -0.3 is 25.0 Å². The maximum Gasteiger partial charge on any atom is 0.393 e. The molecule has 1 unspecified atom stereocenters. The number of thiophene rings is 1. The molecule has 0 radical (unpaired) electrons. The minimum absolute atomic E-state index is 0.0202. The molecular formula is C32H38F4N4O3S2. The number of likely N-dealkylation sites (tertiary alicyclic amines) is 1. The van der Waals surface area contributed by atoms with Crippen LogP contribution in [0.2, 0.25) is 0 Å². The number of benzene rings is 2. The van der Waals surface area contributed by atoms with E-state index < -0.39 is 34.5 Å². The molecule has 5 rings (SSSR count). The molecule has 3 aromatic rings. The molecule has 7 nitrogen and oxygen atoms in total. The van der Waals surface area contributed by atoms with Gasteiger partial charge in [0.25, 0.3) is 0 Å². The minimum Gasteiger partial charge on any atom is -0.495 e. The summed E-state index contributed by atoms with van der Waals surface area (Å²) < 4.78 is 85.3. The molecule has 3 heterocycles. The van der Waals surface area contributed by atoms with Gasteiger partial charge in [-0.1, -0.05) is 24.0 Å². The van der Waals surface area contributed by atoms with Crippen LogP contribution >= 0.6 is 11.3 Å². The molecule has 2 aliphatic heterocycles. The van der Waals surface area contributed by atoms with Crippen molar-refractivity contribution in [3.05, 3.63) is 46.8 Å². The van der Waals surface area contributed by atoms with E-state index in [1.165, 1.54) is 18.4 Å². The predicted molar refractivity (Wildman–Crippen MR) is 173 cm³/mol. The summed E-state index contributed by atoms with van der Waals surface area (Å²) in [7, 11) is 0.716. The third-order valence-corrected chi connectivity index (χ3v) is 11.0. The largest absolute Gasteiger partial charge is 0.495 e. The molecular weight excluding hydrogens is 629 g/mol. The number of fused-ring (bicyclic) bond motifs is 1. The Hall–Kier alpha value is -3.05. The van der Waals surface area contributed by atoms with E-state index in [4.69, 9.17) is 9.47 Å². The minimum atomic E-state index is -4.42. The molecule has 0 spiro atoms. The van der Waals surface area contributed by atoms with E-state index in [1.807, 2.05) is 11.9 Å². The quantitative estimate of drug-likeness (QED) is 0.210. The Balaban J connectivity index is 1.36. The number of alkyl halides is 4. The molecule has 2 aromatic carbocycles. The zero-order chi connectivity index (χ0) is 32.2. The summed E-state index contributed by atoms with van der Waals surface area (Å²) in [6.07, 6.45) is -2.94. The monoisotopic (exact) mass is 666 g/mol. The molecule has 45 heavy (non-hydrogen) atoms. The highest BCUT2D eigenvalue weighted by Gasteiger charge is 2.32. The molecule has 2 aliphatic rings. The van der Waals surface area contributed by atoms with Gasteiger partial charge in [-0.25, -0.2) is 13.0 Å². The number of piperidine rings is 1. The lowest BCUT2D eigenvalue weighted by atomic mass is 10.0. The Labute approximate surface area is 265 Å². The topological polar surface area (TPSA) is 75.2 Å². The van der Waals surface area contributed by atoms with Crippen LogP contribution in [0, 0.1) is 11.8 Å². The van der Waals surface area contributed by atoms with Gasteiger partial charge in [0.1, 0.15) is 11.9 Å². The Morgan fingerprint density at radius 1 is 1.18 bits per heavy atom. The fourth-order valence-electron chi connectivity index (χ4n) is 5.63. The number of anilines is 2. The van der Waals surface area contributed by atoms with Gasteiger partial charge in [0.05, 0.1) is 67.7 Å². The van der Waals surface area contributed by atoms with E-state index in [0.717, 1.165) is 19.4 Å². The van der Waals surface area contributed by atoms with Gasteiger partial charge >= 0.3 is 6.18 Å². The van der Waals surface area contributed by atoms with Crippen molar-refractivity contribution in [2.75, 3.05) is 63.9 Å². The van der Waals surface area contributed by atoms with Gasteiger partial charge in [0, 0.05) is 32.6 Å². The Morgan fingerprint density at radius 3 is 2.67 bits per heavy atom. The van der Waals surface area contributed by atoms with Crippen molar-refractivity contribution in [1.82, 2.24) is 4.90 Å². The van der Waals surface area contributed by atoms with Gasteiger partial charge in [-0.3, -0.25) is 0 Å². The van der Waals surface area contributed by atoms with Crippen LogP contribution in [0.25, 0.3) is 10.1 Å². The van der Waals surface area contributed by atoms with Gasteiger partial charge in [-0.2, -0.15) is 13.2 Å². The maximum absolute atomic E-state index is 14.8. The van der Waals surface area contributed by atoms with Crippen LogP contribution in [-0.2, 0) is 20.9 Å². The molecule has 0 aliphatic carbocycles. The summed E-state index contributed by atoms with van der Waals surface area (Å²) in [6.45, 7) is 2.38. The highest BCUT2D eigenvalue weighted by molar-refractivity contribution is 7.93. The number of ether oxygens (including phenoxy) is 2. The van der Waals surface area contributed by atoms with Crippen LogP contribution in [0.3, 0.4) is 0 Å². The van der Waals surface area contributed by atoms with Crippen molar-refractivity contribution in [2.24, 2.45) is 4.36 Å². The lowest BCUT2D eigenvalue weighted by Crippen LogP contribution is -2.46. The highest BCUT2D eigenvalue weighted by Crippen LogP contribution is 2.39. The predicted octanol–water partition coefficient (Wildman–Crippen LogP) is 6.57. The molecule has 0 bridgehead atoms. The lowest BCUT2D eigenvalue weighted by Gasteiger charge is -2.33. The number of methoxy groups -OCH3 is 1. The first-order valence-electron chi connectivity index (χ1n) is 14.8. The summed E-state index contributed by atoms with van der Waals surface area (Å²) in [5, 5.41) is 6.88. The van der Waals surface area contributed by atoms with Crippen molar-refractivity contribution < 1.29 is 31.2 Å². The van der Waals surface area contributed by atoms with E-state index in [0.29, 0.717) is 63.2 Å². The van der Waals surface area contributed by atoms with Crippen molar-refractivity contribution in [3.8, 4) is 17.6 Å². The summed E-state index contributed by atoms with van der Waals surface area (Å²) >= 11 is 1.18. The van der Waals surface area contributed by atoms with Crippen molar-refractivity contribution in [2.45, 2.75) is 55.0 Å². The highest BCUT2D eigenvalue weighted by atomic mass is 32.2. The van der Waals surface area contributed by atoms with Crippen LogP contribution in [0.5, 0.6) is 5.75 Å². The molecule has 0 amide bonds. The number of rotatable bonds is 8. The average molecular weight is 667 g/mol. The zero-order valence-corrected chi connectivity index (χ0v) is 27.1. The van der Waals surface area contributed by atoms with Crippen LogP contribution < -0.4 is 15.4 Å². The Bertz CT molecular complexity index is 1680. The van der Waals surface area contributed by atoms with Crippen molar-refractivity contribution >= 4 is 42.5 Å². The summed E-state index contributed by atoms with van der Waals surface area (Å²) in [4.78, 5) is 2.79. The first-order chi connectivity index (χ1) is 21.4. The Kier molecular flexibility index (Phi) is 10.5. The smallest absolute Gasteiger partial charge is 0.393 e. The van der Waals surface area contributed by atoms with E-state index >= 15 is 0 Å². The van der Waals surface area contributed by atoms with Crippen LogP contribution in [-0.4, -0.2) is 86.8 Å². The second kappa shape index (κ2) is 14.2. The van der Waals surface area contributed by atoms with Crippen molar-refractivity contribution in [1.29, 1.82) is 0 Å². The SMILES string of the molecule is COc1cc(S(C)(=O)=NC2CCOCC2)ccc1NCC#Cc1sc2c(N[C@@H]3CCN(C)C[C@H]3F)cccc2c1CC(F)(F)F. The second-order valence-electron chi connectivity index (χ2n) is 11.5. The summed E-state index contributed by atoms with van der Waals surface area (Å²) in [5.41, 5.74) is 1.34. The van der Waals surface area contributed by atoms with Crippen molar-refractivity contribution in [3.63, 3.8) is 0 Å². The zero-order valence-electron chi connectivity index (χ0n) is 25.5. The fourth-order valence-corrected chi connectivity index (χ4v) is 8.35. The number of nitrogens with zero attached hydrogens (tertiary/aromatic N) is 2. The van der Waals surface area contributed by atoms with E-state index in [-0.39, 0.29) is 18.2 Å². The average Bonchev–Trinajstić information content (AvgIpc) is 3.33. The second-order valence-corrected chi connectivity index (χ2v) is 14.8. The molecule has 2 fully saturated rings. The first kappa shape index (κ1) is 33.3. The number of nitrogens with one attached hydrogen (secondary N) is 2. The van der Waals surface area contributed by atoms with Gasteiger partial charge in [-0.05, 0) is 61.5 Å². The third kappa shape index (κ3) is 8.41. The molecule has 0 saturated carbocycles. The van der Waals surface area contributed by atoms with E-state index in [1.54, 1.807) is 42.7 Å².